The van der Waals surface area contributed by atoms with Crippen molar-refractivity contribution in [1.82, 2.24) is 5.32 Å². The van der Waals surface area contributed by atoms with Crippen LogP contribution in [-0.4, -0.2) is 23.1 Å². The first kappa shape index (κ1) is 16.3. The lowest BCUT2D eigenvalue weighted by Crippen LogP contribution is -2.39. The molecule has 2 unspecified atom stereocenters. The molecular formula is C14H19ClN2O3. The highest BCUT2D eigenvalue weighted by molar-refractivity contribution is 6.33. The van der Waals surface area contributed by atoms with Gasteiger partial charge < -0.3 is 15.7 Å². The maximum absolute atomic E-state index is 11.8. The highest BCUT2D eigenvalue weighted by Gasteiger charge is 2.14. The molecule has 0 fully saturated rings. The molecular weight excluding hydrogens is 280 g/mol. The summed E-state index contributed by atoms with van der Waals surface area (Å²) in [6.45, 7) is 6.01. The first-order valence-electron chi connectivity index (χ1n) is 6.45. The zero-order valence-electron chi connectivity index (χ0n) is 11.7. The fourth-order valence-electron chi connectivity index (χ4n) is 1.62. The number of aromatic carboxylic acids is 1. The van der Waals surface area contributed by atoms with Crippen molar-refractivity contribution < 1.29 is 14.7 Å². The lowest BCUT2D eigenvalue weighted by Gasteiger charge is -2.20. The van der Waals surface area contributed by atoms with Crippen molar-refractivity contribution in [2.24, 2.45) is 5.92 Å². The summed E-state index contributed by atoms with van der Waals surface area (Å²) in [6.07, 6.45) is 0.955. The lowest BCUT2D eigenvalue weighted by molar-refractivity contribution is 0.0697. The number of nitrogens with one attached hydrogen (secondary N) is 2. The van der Waals surface area contributed by atoms with Crippen LogP contribution in [0.1, 0.15) is 37.6 Å². The lowest BCUT2D eigenvalue weighted by atomic mass is 10.0. The molecule has 5 nitrogen and oxygen atoms in total. The molecule has 0 spiro atoms. The van der Waals surface area contributed by atoms with Gasteiger partial charge in [-0.25, -0.2) is 9.59 Å². The Morgan fingerprint density at radius 3 is 2.55 bits per heavy atom. The quantitative estimate of drug-likeness (QED) is 0.777. The zero-order valence-corrected chi connectivity index (χ0v) is 12.5. The van der Waals surface area contributed by atoms with Crippen molar-refractivity contribution >= 4 is 29.3 Å². The molecule has 0 heterocycles. The van der Waals surface area contributed by atoms with Crippen LogP contribution >= 0.6 is 11.6 Å². The third kappa shape index (κ3) is 4.42. The normalized spacial score (nSPS) is 13.4. The average Bonchev–Trinajstić information content (AvgIpc) is 2.39. The van der Waals surface area contributed by atoms with Crippen LogP contribution < -0.4 is 10.6 Å². The van der Waals surface area contributed by atoms with Crippen molar-refractivity contribution in [3.8, 4) is 0 Å². The molecule has 6 heteroatoms. The maximum atomic E-state index is 11.8. The van der Waals surface area contributed by atoms with E-state index in [1.807, 2.05) is 20.8 Å². The number of carboxylic acids is 1. The number of hydrogen-bond donors (Lipinski definition) is 3. The molecule has 1 rings (SSSR count). The molecule has 0 aromatic heterocycles. The second-order valence-corrected chi connectivity index (χ2v) is 5.18. The molecule has 0 aliphatic carbocycles. The van der Waals surface area contributed by atoms with Crippen molar-refractivity contribution in [2.75, 3.05) is 5.32 Å². The molecule has 0 saturated carbocycles. The van der Waals surface area contributed by atoms with Gasteiger partial charge in [-0.1, -0.05) is 31.9 Å². The van der Waals surface area contributed by atoms with E-state index in [2.05, 4.69) is 10.6 Å². The van der Waals surface area contributed by atoms with E-state index in [4.69, 9.17) is 16.7 Å². The Labute approximate surface area is 123 Å². The number of hydrogen-bond acceptors (Lipinski definition) is 2. The number of carbonyl (C=O) groups is 2. The van der Waals surface area contributed by atoms with Crippen LogP contribution in [0.5, 0.6) is 0 Å². The molecule has 1 aromatic carbocycles. The van der Waals surface area contributed by atoms with Crippen LogP contribution in [-0.2, 0) is 0 Å². The summed E-state index contributed by atoms with van der Waals surface area (Å²) in [7, 11) is 0. The van der Waals surface area contributed by atoms with Crippen LogP contribution in [0.15, 0.2) is 18.2 Å². The molecule has 0 saturated heterocycles. The van der Waals surface area contributed by atoms with Gasteiger partial charge in [-0.2, -0.15) is 0 Å². The standard InChI is InChI=1S/C14H19ClN2O3/c1-4-8(2)9(3)16-14(20)17-12-7-10(13(18)19)5-6-11(12)15/h5-9H,4H2,1-3H3,(H,18,19)(H2,16,17,20). The van der Waals surface area contributed by atoms with Crippen LogP contribution in [0.4, 0.5) is 10.5 Å². The molecule has 0 aliphatic heterocycles. The topological polar surface area (TPSA) is 78.4 Å². The van der Waals surface area contributed by atoms with Crippen molar-refractivity contribution in [2.45, 2.75) is 33.2 Å². The fourth-order valence-corrected chi connectivity index (χ4v) is 1.78. The highest BCUT2D eigenvalue weighted by atomic mass is 35.5. The largest absolute Gasteiger partial charge is 0.478 e. The Hall–Kier alpha value is -1.75. The summed E-state index contributed by atoms with van der Waals surface area (Å²) < 4.78 is 0. The van der Waals surface area contributed by atoms with E-state index in [9.17, 15) is 9.59 Å². The van der Waals surface area contributed by atoms with Gasteiger partial charge in [-0.3, -0.25) is 0 Å². The first-order valence-corrected chi connectivity index (χ1v) is 6.83. The van der Waals surface area contributed by atoms with Crippen molar-refractivity contribution in [3.63, 3.8) is 0 Å². The van der Waals surface area contributed by atoms with Crippen molar-refractivity contribution in [1.29, 1.82) is 0 Å². The second-order valence-electron chi connectivity index (χ2n) is 4.77. The molecule has 2 atom stereocenters. The number of carbonyl (C=O) groups excluding carboxylic acids is 1. The van der Waals surface area contributed by atoms with Crippen LogP contribution in [0.3, 0.4) is 0 Å². The number of carboxylic acid groups (broad SMARTS) is 1. The van der Waals surface area contributed by atoms with E-state index in [0.29, 0.717) is 10.9 Å². The number of urea groups is 1. The zero-order chi connectivity index (χ0) is 15.3. The summed E-state index contributed by atoms with van der Waals surface area (Å²) >= 11 is 5.94. The fraction of sp³-hybridized carbons (Fsp3) is 0.429. The molecule has 0 aliphatic rings. The minimum absolute atomic E-state index is 0.0152. The maximum Gasteiger partial charge on any atom is 0.335 e. The SMILES string of the molecule is CCC(C)C(C)NC(=O)Nc1cc(C(=O)O)ccc1Cl. The van der Waals surface area contributed by atoms with Gasteiger partial charge in [0, 0.05) is 6.04 Å². The number of rotatable bonds is 5. The highest BCUT2D eigenvalue weighted by Crippen LogP contribution is 2.23. The Morgan fingerprint density at radius 2 is 2.00 bits per heavy atom. The van der Waals surface area contributed by atoms with Gasteiger partial charge in [0.2, 0.25) is 0 Å². The van der Waals surface area contributed by atoms with E-state index in [1.165, 1.54) is 18.2 Å². The van der Waals surface area contributed by atoms with Crippen LogP contribution in [0.25, 0.3) is 0 Å². The average molecular weight is 299 g/mol. The Bertz CT molecular complexity index is 505. The molecule has 2 amide bonds. The predicted molar refractivity (Wildman–Crippen MR) is 79.5 cm³/mol. The Kier molecular flexibility index (Phi) is 5.82. The second kappa shape index (κ2) is 7.14. The van der Waals surface area contributed by atoms with Gasteiger partial charge in [0.25, 0.3) is 0 Å². The van der Waals surface area contributed by atoms with Gasteiger partial charge >= 0.3 is 12.0 Å². The number of amides is 2. The van der Waals surface area contributed by atoms with Gasteiger partial charge in [-0.15, -0.1) is 0 Å². The minimum atomic E-state index is -1.07. The first-order chi connectivity index (χ1) is 9.35. The molecule has 20 heavy (non-hydrogen) atoms. The van der Waals surface area contributed by atoms with Crippen LogP contribution in [0.2, 0.25) is 5.02 Å². The number of benzene rings is 1. The summed E-state index contributed by atoms with van der Waals surface area (Å²) in [5, 5.41) is 14.6. The smallest absolute Gasteiger partial charge is 0.335 e. The summed E-state index contributed by atoms with van der Waals surface area (Å²) in [5.41, 5.74) is 0.347. The third-order valence-electron chi connectivity index (χ3n) is 3.32. The van der Waals surface area contributed by atoms with E-state index in [-0.39, 0.29) is 17.3 Å². The van der Waals surface area contributed by atoms with E-state index < -0.39 is 12.0 Å². The number of anilines is 1. The van der Waals surface area contributed by atoms with E-state index >= 15 is 0 Å². The van der Waals surface area contributed by atoms with Gasteiger partial charge in [0.1, 0.15) is 0 Å². The minimum Gasteiger partial charge on any atom is -0.478 e. The third-order valence-corrected chi connectivity index (χ3v) is 3.65. The Balaban J connectivity index is 2.75. The van der Waals surface area contributed by atoms with E-state index in [0.717, 1.165) is 6.42 Å². The molecule has 3 N–H and O–H groups in total. The predicted octanol–water partition coefficient (Wildman–Crippen LogP) is 3.59. The molecule has 0 bridgehead atoms. The number of halogens is 1. The van der Waals surface area contributed by atoms with E-state index in [1.54, 1.807) is 0 Å². The molecule has 1 aromatic rings. The summed E-state index contributed by atoms with van der Waals surface area (Å²) in [5.74, 6) is -0.723. The van der Waals surface area contributed by atoms with Crippen molar-refractivity contribution in [3.05, 3.63) is 28.8 Å². The Morgan fingerprint density at radius 1 is 1.35 bits per heavy atom. The van der Waals surface area contributed by atoms with Gasteiger partial charge in [0.15, 0.2) is 0 Å². The monoisotopic (exact) mass is 298 g/mol. The van der Waals surface area contributed by atoms with Crippen LogP contribution in [0, 0.1) is 5.92 Å². The van der Waals surface area contributed by atoms with Gasteiger partial charge in [-0.05, 0) is 31.0 Å². The molecule has 0 radical (unpaired) electrons. The summed E-state index contributed by atoms with van der Waals surface area (Å²) in [4.78, 5) is 22.7. The van der Waals surface area contributed by atoms with Gasteiger partial charge in [0.05, 0.1) is 16.3 Å². The molecule has 110 valence electrons. The summed E-state index contributed by atoms with van der Waals surface area (Å²) in [6, 6.07) is 3.77.